The second kappa shape index (κ2) is 10.1. The molecule has 0 spiro atoms. The van der Waals surface area contributed by atoms with Crippen molar-refractivity contribution in [3.63, 3.8) is 0 Å². The highest BCUT2D eigenvalue weighted by Gasteiger charge is 2.17. The molecular formula is C22H20FN3O5. The average Bonchev–Trinajstić information content (AvgIpc) is 3.26. The van der Waals surface area contributed by atoms with Gasteiger partial charge in [0.1, 0.15) is 17.6 Å². The number of nitrogens with zero attached hydrogens (tertiary/aromatic N) is 2. The van der Waals surface area contributed by atoms with Crippen LogP contribution in [0.15, 0.2) is 59.1 Å². The Kier molecular flexibility index (Phi) is 7.10. The Labute approximate surface area is 177 Å². The second-order valence-corrected chi connectivity index (χ2v) is 6.47. The fraction of sp³-hybridized carbons (Fsp3) is 0.182. The summed E-state index contributed by atoms with van der Waals surface area (Å²) in [5, 5.41) is 6.24. The first kappa shape index (κ1) is 21.7. The van der Waals surface area contributed by atoms with Crippen LogP contribution in [0.5, 0.6) is 5.75 Å². The summed E-state index contributed by atoms with van der Waals surface area (Å²) in [6, 6.07) is 11.8. The van der Waals surface area contributed by atoms with Crippen LogP contribution in [-0.4, -0.2) is 35.2 Å². The van der Waals surface area contributed by atoms with Crippen LogP contribution >= 0.6 is 0 Å². The molecular weight excluding hydrogens is 405 g/mol. The van der Waals surface area contributed by atoms with Crippen molar-refractivity contribution in [1.82, 2.24) is 15.5 Å². The SMILES string of the molecule is COc1ccc(/C=C/C(=O)N[C@@H](C)C(=O)OCc2noc(-c3ccc(F)cc3)n2)cc1. The molecule has 3 rings (SSSR count). The molecule has 31 heavy (non-hydrogen) atoms. The molecule has 0 radical (unpaired) electrons. The van der Waals surface area contributed by atoms with Gasteiger partial charge in [0.05, 0.1) is 7.11 Å². The Morgan fingerprint density at radius 3 is 2.55 bits per heavy atom. The standard InChI is InChI=1S/C22H20FN3O5/c1-14(24-20(27)12-5-15-3-10-18(29-2)11-4-15)22(28)30-13-19-25-21(31-26-19)16-6-8-17(23)9-7-16/h3-12,14H,13H2,1-2H3,(H,24,27)/b12-5+/t14-/m0/s1. The number of hydrogen-bond acceptors (Lipinski definition) is 7. The lowest BCUT2D eigenvalue weighted by Crippen LogP contribution is -2.38. The number of methoxy groups -OCH3 is 1. The van der Waals surface area contributed by atoms with Crippen molar-refractivity contribution in [2.24, 2.45) is 0 Å². The van der Waals surface area contributed by atoms with Gasteiger partial charge in [0, 0.05) is 11.6 Å². The Bertz CT molecular complexity index is 1060. The van der Waals surface area contributed by atoms with Crippen molar-refractivity contribution in [3.05, 3.63) is 71.8 Å². The van der Waals surface area contributed by atoms with Crippen molar-refractivity contribution >= 4 is 18.0 Å². The smallest absolute Gasteiger partial charge is 0.328 e. The van der Waals surface area contributed by atoms with E-state index < -0.39 is 17.9 Å². The summed E-state index contributed by atoms with van der Waals surface area (Å²) >= 11 is 0. The summed E-state index contributed by atoms with van der Waals surface area (Å²) < 4.78 is 28.2. The molecule has 0 saturated carbocycles. The zero-order valence-electron chi connectivity index (χ0n) is 16.9. The van der Waals surface area contributed by atoms with E-state index in [0.29, 0.717) is 11.3 Å². The van der Waals surface area contributed by atoms with Gasteiger partial charge in [-0.15, -0.1) is 0 Å². The number of benzene rings is 2. The Hall–Kier alpha value is -4.01. The molecule has 2 aromatic carbocycles. The van der Waals surface area contributed by atoms with Crippen LogP contribution in [0.3, 0.4) is 0 Å². The third-order valence-corrected chi connectivity index (χ3v) is 4.16. The number of esters is 1. The maximum absolute atomic E-state index is 13.0. The average molecular weight is 425 g/mol. The summed E-state index contributed by atoms with van der Waals surface area (Å²) in [5.41, 5.74) is 1.34. The Morgan fingerprint density at radius 1 is 1.16 bits per heavy atom. The number of carbonyl (C=O) groups excluding carboxylic acids is 2. The largest absolute Gasteiger partial charge is 0.497 e. The summed E-state index contributed by atoms with van der Waals surface area (Å²) in [4.78, 5) is 28.2. The monoisotopic (exact) mass is 425 g/mol. The number of hydrogen-bond donors (Lipinski definition) is 1. The van der Waals surface area contributed by atoms with Gasteiger partial charge in [0.15, 0.2) is 6.61 Å². The number of halogens is 1. The van der Waals surface area contributed by atoms with Crippen LogP contribution in [0.1, 0.15) is 18.3 Å². The molecule has 9 heteroatoms. The number of amides is 1. The second-order valence-electron chi connectivity index (χ2n) is 6.47. The minimum atomic E-state index is -0.878. The molecule has 0 aliphatic carbocycles. The van der Waals surface area contributed by atoms with Gasteiger partial charge in [-0.1, -0.05) is 17.3 Å². The van der Waals surface area contributed by atoms with E-state index in [1.54, 1.807) is 37.5 Å². The third-order valence-electron chi connectivity index (χ3n) is 4.16. The highest BCUT2D eigenvalue weighted by molar-refractivity contribution is 5.94. The van der Waals surface area contributed by atoms with E-state index in [1.165, 1.54) is 37.3 Å². The minimum absolute atomic E-state index is 0.144. The quantitative estimate of drug-likeness (QED) is 0.437. The van der Waals surface area contributed by atoms with Gasteiger partial charge in [-0.2, -0.15) is 4.98 Å². The molecule has 1 N–H and O–H groups in total. The molecule has 1 atom stereocenters. The summed E-state index contributed by atoms with van der Waals surface area (Å²) in [6.45, 7) is 1.27. The predicted molar refractivity (Wildman–Crippen MR) is 109 cm³/mol. The lowest BCUT2D eigenvalue weighted by molar-refractivity contribution is -0.148. The van der Waals surface area contributed by atoms with Crippen molar-refractivity contribution < 1.29 is 28.0 Å². The maximum Gasteiger partial charge on any atom is 0.328 e. The lowest BCUT2D eigenvalue weighted by atomic mass is 10.2. The molecule has 8 nitrogen and oxygen atoms in total. The molecule has 1 aromatic heterocycles. The molecule has 1 amide bonds. The van der Waals surface area contributed by atoms with Crippen LogP contribution < -0.4 is 10.1 Å². The van der Waals surface area contributed by atoms with E-state index in [0.717, 1.165) is 5.56 Å². The van der Waals surface area contributed by atoms with Gasteiger partial charge in [-0.3, -0.25) is 4.79 Å². The van der Waals surface area contributed by atoms with Crippen molar-refractivity contribution in [3.8, 4) is 17.2 Å². The van der Waals surface area contributed by atoms with E-state index in [-0.39, 0.29) is 24.1 Å². The fourth-order valence-electron chi connectivity index (χ4n) is 2.49. The summed E-state index contributed by atoms with van der Waals surface area (Å²) in [6.07, 6.45) is 2.93. The topological polar surface area (TPSA) is 104 Å². The number of carbonyl (C=O) groups is 2. The van der Waals surface area contributed by atoms with Crippen LogP contribution in [0.25, 0.3) is 17.5 Å². The third kappa shape index (κ3) is 6.23. The van der Waals surface area contributed by atoms with Crippen molar-refractivity contribution in [2.45, 2.75) is 19.6 Å². The zero-order valence-corrected chi connectivity index (χ0v) is 16.9. The highest BCUT2D eigenvalue weighted by atomic mass is 19.1. The molecule has 1 heterocycles. The van der Waals surface area contributed by atoms with E-state index in [9.17, 15) is 14.0 Å². The number of nitrogens with one attached hydrogen (secondary N) is 1. The summed E-state index contributed by atoms with van der Waals surface area (Å²) in [5.74, 6) is -0.448. The normalized spacial score (nSPS) is 11.8. The number of ether oxygens (including phenoxy) is 2. The maximum atomic E-state index is 13.0. The summed E-state index contributed by atoms with van der Waals surface area (Å²) in [7, 11) is 1.57. The number of aromatic nitrogens is 2. The van der Waals surface area contributed by atoms with Crippen molar-refractivity contribution in [2.75, 3.05) is 7.11 Å². The van der Waals surface area contributed by atoms with E-state index in [2.05, 4.69) is 15.5 Å². The van der Waals surface area contributed by atoms with Crippen LogP contribution in [0, 0.1) is 5.82 Å². The van der Waals surface area contributed by atoms with Gasteiger partial charge in [0.25, 0.3) is 5.89 Å². The first-order valence-electron chi connectivity index (χ1n) is 9.32. The molecule has 0 aliphatic heterocycles. The van der Waals surface area contributed by atoms with E-state index in [1.807, 2.05) is 0 Å². The molecule has 0 saturated heterocycles. The van der Waals surface area contributed by atoms with Crippen LogP contribution in [0.2, 0.25) is 0 Å². The predicted octanol–water partition coefficient (Wildman–Crippen LogP) is 3.15. The van der Waals surface area contributed by atoms with Crippen molar-refractivity contribution in [1.29, 1.82) is 0 Å². The van der Waals surface area contributed by atoms with E-state index in [4.69, 9.17) is 14.0 Å². The highest BCUT2D eigenvalue weighted by Crippen LogP contribution is 2.17. The van der Waals surface area contributed by atoms with Gasteiger partial charge in [-0.05, 0) is 55.0 Å². The molecule has 0 unspecified atom stereocenters. The molecule has 0 fully saturated rings. The first-order valence-corrected chi connectivity index (χ1v) is 9.32. The van der Waals surface area contributed by atoms with Gasteiger partial charge in [-0.25, -0.2) is 9.18 Å². The van der Waals surface area contributed by atoms with E-state index >= 15 is 0 Å². The minimum Gasteiger partial charge on any atom is -0.497 e. The van der Waals surface area contributed by atoms with Gasteiger partial charge < -0.3 is 19.3 Å². The molecule has 3 aromatic rings. The van der Waals surface area contributed by atoms with Crippen LogP contribution in [0.4, 0.5) is 4.39 Å². The Morgan fingerprint density at radius 2 is 1.87 bits per heavy atom. The lowest BCUT2D eigenvalue weighted by Gasteiger charge is -2.11. The van der Waals surface area contributed by atoms with Gasteiger partial charge in [0.2, 0.25) is 11.7 Å². The molecule has 160 valence electrons. The van der Waals surface area contributed by atoms with Gasteiger partial charge >= 0.3 is 5.97 Å². The zero-order chi connectivity index (χ0) is 22.2. The fourth-order valence-corrected chi connectivity index (χ4v) is 2.49. The molecule has 0 aliphatic rings. The Balaban J connectivity index is 1.47. The number of rotatable bonds is 8. The molecule has 0 bridgehead atoms. The van der Waals surface area contributed by atoms with Crippen LogP contribution in [-0.2, 0) is 20.9 Å². The first-order chi connectivity index (χ1) is 14.9.